The maximum absolute atomic E-state index is 12.8. The van der Waals surface area contributed by atoms with Gasteiger partial charge in [-0.2, -0.15) is 0 Å². The van der Waals surface area contributed by atoms with Gasteiger partial charge >= 0.3 is 0 Å². The predicted molar refractivity (Wildman–Crippen MR) is 104 cm³/mol. The van der Waals surface area contributed by atoms with Gasteiger partial charge in [-0.05, 0) is 35.9 Å². The number of aromatic nitrogens is 1. The summed E-state index contributed by atoms with van der Waals surface area (Å²) in [5, 5.41) is 5.69. The van der Waals surface area contributed by atoms with Crippen molar-refractivity contribution >= 4 is 38.0 Å². The van der Waals surface area contributed by atoms with Crippen LogP contribution >= 0.6 is 11.3 Å². The van der Waals surface area contributed by atoms with Crippen molar-refractivity contribution in [1.82, 2.24) is 10.3 Å². The van der Waals surface area contributed by atoms with E-state index in [0.717, 1.165) is 21.5 Å². The molecule has 1 fully saturated rings. The number of hydrogen-bond acceptors (Lipinski definition) is 5. The molecule has 0 bridgehead atoms. The lowest BCUT2D eigenvalue weighted by Gasteiger charge is -2.12. The molecule has 0 spiro atoms. The molecule has 0 saturated carbocycles. The number of nitrogens with zero attached hydrogens (tertiary/aromatic N) is 1. The molecule has 26 heavy (non-hydrogen) atoms. The van der Waals surface area contributed by atoms with Gasteiger partial charge in [0.15, 0.2) is 9.84 Å². The van der Waals surface area contributed by atoms with Gasteiger partial charge in [-0.3, -0.25) is 4.79 Å². The van der Waals surface area contributed by atoms with Crippen molar-refractivity contribution in [2.75, 3.05) is 18.1 Å². The summed E-state index contributed by atoms with van der Waals surface area (Å²) in [5.41, 5.74) is 2.11. The number of pyridine rings is 1. The second-order valence-corrected chi connectivity index (χ2v) is 9.71. The number of carbonyl (C=O) groups is 1. The summed E-state index contributed by atoms with van der Waals surface area (Å²) >= 11 is 1.58. The zero-order valence-corrected chi connectivity index (χ0v) is 15.6. The number of rotatable bonds is 4. The Balaban J connectivity index is 1.63. The summed E-state index contributed by atoms with van der Waals surface area (Å²) in [6, 6.07) is 13.3. The van der Waals surface area contributed by atoms with Crippen molar-refractivity contribution in [3.05, 3.63) is 53.4 Å². The van der Waals surface area contributed by atoms with Crippen LogP contribution in [0.3, 0.4) is 0 Å². The second-order valence-electron chi connectivity index (χ2n) is 6.53. The van der Waals surface area contributed by atoms with E-state index in [4.69, 9.17) is 0 Å². The predicted octanol–water partition coefficient (Wildman–Crippen LogP) is 3.13. The Hall–Kier alpha value is -2.25. The monoisotopic (exact) mass is 386 g/mol. The zero-order valence-electron chi connectivity index (χ0n) is 14.0. The van der Waals surface area contributed by atoms with E-state index in [-0.39, 0.29) is 23.3 Å². The summed E-state index contributed by atoms with van der Waals surface area (Å²) < 4.78 is 23.2. The Morgan fingerprint density at radius 1 is 1.23 bits per heavy atom. The Labute approximate surface area is 156 Å². The van der Waals surface area contributed by atoms with E-state index in [1.165, 1.54) is 0 Å². The largest absolute Gasteiger partial charge is 0.352 e. The van der Waals surface area contributed by atoms with Crippen LogP contribution < -0.4 is 5.32 Å². The molecule has 134 valence electrons. The van der Waals surface area contributed by atoms with E-state index in [1.54, 1.807) is 11.3 Å². The van der Waals surface area contributed by atoms with E-state index in [1.807, 2.05) is 47.8 Å². The van der Waals surface area contributed by atoms with Crippen molar-refractivity contribution in [3.8, 4) is 10.6 Å². The van der Waals surface area contributed by atoms with E-state index in [0.29, 0.717) is 18.5 Å². The third-order valence-electron chi connectivity index (χ3n) is 4.61. The molecule has 1 amide bonds. The van der Waals surface area contributed by atoms with Crippen LogP contribution in [0.5, 0.6) is 0 Å². The standard InChI is InChI=1S/C19H18N2O3S2/c22-19(20-11-13-7-9-26(23,24)12-13)15-10-17(18-6-3-8-25-18)21-16-5-2-1-4-14(15)16/h1-6,8,10,13H,7,9,11-12H2,(H,20,22). The Bertz CT molecular complexity index is 1060. The SMILES string of the molecule is O=C(NCC1CCS(=O)(=O)C1)c1cc(-c2cccs2)nc2ccccc12. The van der Waals surface area contributed by atoms with Crippen LogP contribution in [0.15, 0.2) is 47.8 Å². The van der Waals surface area contributed by atoms with E-state index < -0.39 is 9.84 Å². The highest BCUT2D eigenvalue weighted by Gasteiger charge is 2.28. The molecule has 7 heteroatoms. The molecule has 1 aliphatic rings. The number of thiophene rings is 1. The van der Waals surface area contributed by atoms with E-state index in [2.05, 4.69) is 10.3 Å². The molecule has 1 aromatic carbocycles. The molecular weight excluding hydrogens is 368 g/mol. The normalized spacial score (nSPS) is 18.8. The fourth-order valence-corrected chi connectivity index (χ4v) is 5.83. The highest BCUT2D eigenvalue weighted by atomic mass is 32.2. The molecule has 1 N–H and O–H groups in total. The van der Waals surface area contributed by atoms with Gasteiger partial charge in [0.05, 0.1) is 33.2 Å². The molecule has 4 rings (SSSR count). The molecule has 1 atom stereocenters. The van der Waals surface area contributed by atoms with Crippen LogP contribution in [-0.4, -0.2) is 37.4 Å². The lowest BCUT2D eigenvalue weighted by atomic mass is 10.1. The number of amides is 1. The quantitative estimate of drug-likeness (QED) is 0.747. The van der Waals surface area contributed by atoms with Gasteiger partial charge in [-0.1, -0.05) is 24.3 Å². The van der Waals surface area contributed by atoms with Crippen LogP contribution in [0.25, 0.3) is 21.5 Å². The van der Waals surface area contributed by atoms with Crippen molar-refractivity contribution < 1.29 is 13.2 Å². The molecule has 1 saturated heterocycles. The average molecular weight is 386 g/mol. The fraction of sp³-hybridized carbons (Fsp3) is 0.263. The lowest BCUT2D eigenvalue weighted by molar-refractivity contribution is 0.0950. The minimum absolute atomic E-state index is 0.00572. The first-order chi connectivity index (χ1) is 12.5. The van der Waals surface area contributed by atoms with Crippen molar-refractivity contribution in [1.29, 1.82) is 0 Å². The first kappa shape index (κ1) is 17.2. The molecular formula is C19H18N2O3S2. The van der Waals surface area contributed by atoms with Crippen LogP contribution in [-0.2, 0) is 9.84 Å². The summed E-state index contributed by atoms with van der Waals surface area (Å²) in [5.74, 6) is 0.179. The molecule has 2 aromatic heterocycles. The summed E-state index contributed by atoms with van der Waals surface area (Å²) in [7, 11) is -2.94. The highest BCUT2D eigenvalue weighted by Crippen LogP contribution is 2.28. The summed E-state index contributed by atoms with van der Waals surface area (Å²) in [6.07, 6.45) is 0.611. The molecule has 3 heterocycles. The molecule has 5 nitrogen and oxygen atoms in total. The lowest BCUT2D eigenvalue weighted by Crippen LogP contribution is -2.30. The van der Waals surface area contributed by atoms with Crippen LogP contribution in [0.1, 0.15) is 16.8 Å². The minimum atomic E-state index is -2.94. The van der Waals surface area contributed by atoms with Crippen molar-refractivity contribution in [2.24, 2.45) is 5.92 Å². The van der Waals surface area contributed by atoms with E-state index in [9.17, 15) is 13.2 Å². The average Bonchev–Trinajstić information content (AvgIpc) is 3.28. The minimum Gasteiger partial charge on any atom is -0.352 e. The van der Waals surface area contributed by atoms with Crippen LogP contribution in [0, 0.1) is 5.92 Å². The number of benzene rings is 1. The van der Waals surface area contributed by atoms with Gasteiger partial charge in [0.2, 0.25) is 0 Å². The highest BCUT2D eigenvalue weighted by molar-refractivity contribution is 7.91. The van der Waals surface area contributed by atoms with Crippen molar-refractivity contribution in [3.63, 3.8) is 0 Å². The zero-order chi connectivity index (χ0) is 18.1. The number of carbonyl (C=O) groups excluding carboxylic acids is 1. The first-order valence-electron chi connectivity index (χ1n) is 8.44. The smallest absolute Gasteiger partial charge is 0.252 e. The Morgan fingerprint density at radius 3 is 2.81 bits per heavy atom. The third-order valence-corrected chi connectivity index (χ3v) is 7.34. The first-order valence-corrected chi connectivity index (χ1v) is 11.1. The van der Waals surface area contributed by atoms with Gasteiger partial charge in [0, 0.05) is 11.9 Å². The van der Waals surface area contributed by atoms with Crippen molar-refractivity contribution in [2.45, 2.75) is 6.42 Å². The number of fused-ring (bicyclic) bond motifs is 1. The molecule has 1 unspecified atom stereocenters. The Kier molecular flexibility index (Phi) is 4.50. The summed E-state index contributed by atoms with van der Waals surface area (Å²) in [4.78, 5) is 18.5. The van der Waals surface area contributed by atoms with Crippen LogP contribution in [0.2, 0.25) is 0 Å². The molecule has 1 aliphatic heterocycles. The number of para-hydroxylation sites is 1. The maximum atomic E-state index is 12.8. The third kappa shape index (κ3) is 3.50. The van der Waals surface area contributed by atoms with Crippen LogP contribution in [0.4, 0.5) is 0 Å². The number of nitrogens with one attached hydrogen (secondary N) is 1. The second kappa shape index (κ2) is 6.81. The molecule has 0 aliphatic carbocycles. The Morgan fingerprint density at radius 2 is 2.08 bits per heavy atom. The molecule has 3 aromatic rings. The number of hydrogen-bond donors (Lipinski definition) is 1. The fourth-order valence-electron chi connectivity index (χ4n) is 3.28. The van der Waals surface area contributed by atoms with Gasteiger partial charge in [-0.25, -0.2) is 13.4 Å². The number of sulfone groups is 1. The van der Waals surface area contributed by atoms with Gasteiger partial charge in [0.1, 0.15) is 0 Å². The van der Waals surface area contributed by atoms with Gasteiger partial charge in [0.25, 0.3) is 5.91 Å². The van der Waals surface area contributed by atoms with Gasteiger partial charge in [-0.15, -0.1) is 11.3 Å². The maximum Gasteiger partial charge on any atom is 0.252 e. The topological polar surface area (TPSA) is 76.1 Å². The van der Waals surface area contributed by atoms with Gasteiger partial charge < -0.3 is 5.32 Å². The molecule has 0 radical (unpaired) electrons. The summed E-state index contributed by atoms with van der Waals surface area (Å²) in [6.45, 7) is 0.378. The van der Waals surface area contributed by atoms with E-state index >= 15 is 0 Å².